The molecule has 4 rings (SSSR count). The normalized spacial score (nSPS) is 38.7. The number of nitrogens with one attached hydrogen (secondary N) is 1. The monoisotopic (exact) mass is 441 g/mol. The molecule has 3 fully saturated rings. The Labute approximate surface area is 180 Å². The van der Waals surface area contributed by atoms with E-state index in [9.17, 15) is 19.8 Å². The summed E-state index contributed by atoms with van der Waals surface area (Å²) in [6.45, 7) is 10.1. The fourth-order valence-electron chi connectivity index (χ4n) is 5.30. The number of carbonyl (C=O) groups excluding carboxylic acids is 1. The quantitative estimate of drug-likeness (QED) is 0.533. The van der Waals surface area contributed by atoms with Crippen LogP contribution in [0.15, 0.2) is 10.6 Å². The predicted molar refractivity (Wildman–Crippen MR) is 116 cm³/mol. The van der Waals surface area contributed by atoms with Crippen molar-refractivity contribution in [2.75, 3.05) is 18.8 Å². The minimum Gasteiger partial charge on any atom is -0.477 e. The Morgan fingerprint density at radius 1 is 1.34 bits per heavy atom. The lowest BCUT2D eigenvalue weighted by molar-refractivity contribution is -0.163. The van der Waals surface area contributed by atoms with Gasteiger partial charge >= 0.3 is 5.97 Å². The van der Waals surface area contributed by atoms with Crippen LogP contribution in [0.4, 0.5) is 0 Å². The van der Waals surface area contributed by atoms with Crippen molar-refractivity contribution in [2.45, 2.75) is 69.0 Å². The molecule has 0 aliphatic carbocycles. The number of carboxylic acid groups (broad SMARTS) is 1. The first kappa shape index (κ1) is 21.5. The molecule has 3 N–H and O–H groups in total. The number of nitrogens with zero attached hydrogens (tertiary/aromatic N) is 2. The summed E-state index contributed by atoms with van der Waals surface area (Å²) in [6.07, 6.45) is 0.233. The van der Waals surface area contributed by atoms with Crippen molar-refractivity contribution in [3.8, 4) is 0 Å². The van der Waals surface area contributed by atoms with E-state index in [2.05, 4.69) is 24.1 Å². The van der Waals surface area contributed by atoms with Crippen molar-refractivity contribution in [1.29, 1.82) is 0 Å². The Morgan fingerprint density at radius 2 is 2.07 bits per heavy atom. The summed E-state index contributed by atoms with van der Waals surface area (Å²) < 4.78 is 0. The SMILES string of the molecule is CC(C)N1CCSC1[C@@H]1C[C@H](SC2=C(C(=O)O)N3C(=O)C([C@@H](C)O)C3[C@H]2C)CN1. The zero-order valence-corrected chi connectivity index (χ0v) is 19.0. The van der Waals surface area contributed by atoms with Crippen LogP contribution in [-0.2, 0) is 9.59 Å². The highest BCUT2D eigenvalue weighted by Crippen LogP contribution is 2.52. The lowest BCUT2D eigenvalue weighted by atomic mass is 9.79. The number of carbonyl (C=O) groups is 2. The van der Waals surface area contributed by atoms with E-state index in [1.54, 1.807) is 18.7 Å². The Bertz CT molecular complexity index is 729. The molecule has 7 nitrogen and oxygen atoms in total. The van der Waals surface area contributed by atoms with Crippen LogP contribution in [0.3, 0.4) is 0 Å². The molecule has 7 atom stereocenters. The van der Waals surface area contributed by atoms with Gasteiger partial charge in [0.25, 0.3) is 0 Å². The lowest BCUT2D eigenvalue weighted by Crippen LogP contribution is -2.63. The molecule has 4 heterocycles. The number of thioether (sulfide) groups is 2. The third kappa shape index (κ3) is 3.52. The van der Waals surface area contributed by atoms with Crippen molar-refractivity contribution in [1.82, 2.24) is 15.1 Å². The summed E-state index contributed by atoms with van der Waals surface area (Å²) in [6, 6.07) is 0.687. The topological polar surface area (TPSA) is 93.1 Å². The molecule has 0 bridgehead atoms. The molecule has 0 radical (unpaired) electrons. The maximum Gasteiger partial charge on any atom is 0.353 e. The highest BCUT2D eigenvalue weighted by molar-refractivity contribution is 8.03. The minimum atomic E-state index is -1.04. The van der Waals surface area contributed by atoms with E-state index in [0.717, 1.165) is 30.2 Å². The van der Waals surface area contributed by atoms with E-state index in [4.69, 9.17) is 0 Å². The Morgan fingerprint density at radius 3 is 2.69 bits per heavy atom. The molecule has 1 amide bonds. The molecule has 0 spiro atoms. The van der Waals surface area contributed by atoms with E-state index in [0.29, 0.717) is 22.7 Å². The number of amides is 1. The van der Waals surface area contributed by atoms with Gasteiger partial charge in [-0.05, 0) is 27.2 Å². The van der Waals surface area contributed by atoms with Crippen molar-refractivity contribution < 1.29 is 19.8 Å². The van der Waals surface area contributed by atoms with E-state index < -0.39 is 18.0 Å². The van der Waals surface area contributed by atoms with Gasteiger partial charge in [0.05, 0.1) is 23.4 Å². The largest absolute Gasteiger partial charge is 0.477 e. The Kier molecular flexibility index (Phi) is 5.98. The number of aliphatic carboxylic acids is 1. The summed E-state index contributed by atoms with van der Waals surface area (Å²) in [5.74, 6) is -0.706. The standard InChI is InChI=1S/C20H31N3O4S2/c1-9(2)22-5-6-28-19(22)13-7-12(8-21-13)29-17-10(3)15-14(11(4)24)18(25)23(15)16(17)20(26)27/h9-15,19,21,24H,5-8H2,1-4H3,(H,26,27)/t10-,11-,12+,13+,14?,15?,19?/m1/s1. The highest BCUT2D eigenvalue weighted by Gasteiger charge is 2.60. The molecule has 0 saturated carbocycles. The van der Waals surface area contributed by atoms with Gasteiger partial charge in [-0.2, -0.15) is 0 Å². The number of aliphatic hydroxyl groups is 1. The second kappa shape index (κ2) is 8.07. The minimum absolute atomic E-state index is 0.0598. The van der Waals surface area contributed by atoms with Crippen LogP contribution in [0.25, 0.3) is 0 Å². The summed E-state index contributed by atoms with van der Waals surface area (Å²) in [5, 5.41) is 24.2. The van der Waals surface area contributed by atoms with Crippen LogP contribution >= 0.6 is 23.5 Å². The zero-order chi connectivity index (χ0) is 21.0. The van der Waals surface area contributed by atoms with Crippen LogP contribution in [0.5, 0.6) is 0 Å². The second-order valence-corrected chi connectivity index (χ2v) is 11.4. The number of hydrogen-bond donors (Lipinski definition) is 3. The van der Waals surface area contributed by atoms with Crippen LogP contribution in [0.1, 0.15) is 34.1 Å². The number of hydrogen-bond acceptors (Lipinski definition) is 7. The number of carboxylic acids is 1. The maximum atomic E-state index is 12.5. The molecule has 0 aromatic carbocycles. The predicted octanol–water partition coefficient (Wildman–Crippen LogP) is 1.39. The molecular weight excluding hydrogens is 410 g/mol. The summed E-state index contributed by atoms with van der Waals surface area (Å²) >= 11 is 3.64. The summed E-state index contributed by atoms with van der Waals surface area (Å²) in [5.41, 5.74) is 0.136. The van der Waals surface area contributed by atoms with Gasteiger partial charge in [-0.1, -0.05) is 6.92 Å². The molecule has 3 unspecified atom stereocenters. The van der Waals surface area contributed by atoms with Crippen LogP contribution < -0.4 is 5.32 Å². The third-order valence-corrected chi connectivity index (χ3v) is 9.57. The van der Waals surface area contributed by atoms with Gasteiger partial charge in [0.2, 0.25) is 5.91 Å². The third-order valence-electron chi connectivity index (χ3n) is 6.70. The Hall–Kier alpha value is -0.740. The smallest absolute Gasteiger partial charge is 0.353 e. The van der Waals surface area contributed by atoms with Gasteiger partial charge in [0.1, 0.15) is 5.70 Å². The lowest BCUT2D eigenvalue weighted by Gasteiger charge is -2.46. The molecule has 0 aromatic rings. The molecule has 9 heteroatoms. The zero-order valence-electron chi connectivity index (χ0n) is 17.4. The van der Waals surface area contributed by atoms with E-state index in [1.165, 1.54) is 4.90 Å². The van der Waals surface area contributed by atoms with Gasteiger partial charge in [0.15, 0.2) is 0 Å². The molecule has 4 aliphatic rings. The van der Waals surface area contributed by atoms with Crippen LogP contribution in [0.2, 0.25) is 0 Å². The number of fused-ring (bicyclic) bond motifs is 1. The maximum absolute atomic E-state index is 12.5. The molecule has 3 saturated heterocycles. The fraction of sp³-hybridized carbons (Fsp3) is 0.800. The summed E-state index contributed by atoms with van der Waals surface area (Å²) in [4.78, 5) is 29.2. The summed E-state index contributed by atoms with van der Waals surface area (Å²) in [7, 11) is 0. The Balaban J connectivity index is 1.48. The molecule has 29 heavy (non-hydrogen) atoms. The molecule has 4 aliphatic heterocycles. The van der Waals surface area contributed by atoms with E-state index in [-0.39, 0.29) is 23.6 Å². The number of aliphatic hydroxyl groups excluding tert-OH is 1. The first-order valence-electron chi connectivity index (χ1n) is 10.5. The van der Waals surface area contributed by atoms with E-state index in [1.807, 2.05) is 18.7 Å². The van der Waals surface area contributed by atoms with Gasteiger partial charge in [-0.3, -0.25) is 9.69 Å². The van der Waals surface area contributed by atoms with Crippen molar-refractivity contribution in [3.05, 3.63) is 10.6 Å². The average molecular weight is 442 g/mol. The van der Waals surface area contributed by atoms with Crippen LogP contribution in [0, 0.1) is 11.8 Å². The fourth-order valence-corrected chi connectivity index (χ4v) is 8.33. The first-order valence-corrected chi connectivity index (χ1v) is 12.4. The highest BCUT2D eigenvalue weighted by atomic mass is 32.2. The number of β-lactam (4-membered cyclic amide) rings is 1. The average Bonchev–Trinajstić information content (AvgIpc) is 3.33. The molecular formula is C20H31N3O4S2. The van der Waals surface area contributed by atoms with Crippen molar-refractivity contribution >= 4 is 35.4 Å². The second-order valence-electron chi connectivity index (χ2n) is 8.86. The molecule has 0 aromatic heterocycles. The van der Waals surface area contributed by atoms with E-state index >= 15 is 0 Å². The van der Waals surface area contributed by atoms with Gasteiger partial charge < -0.3 is 20.4 Å². The molecule has 162 valence electrons. The number of rotatable bonds is 6. The van der Waals surface area contributed by atoms with Gasteiger partial charge in [-0.25, -0.2) is 4.79 Å². The van der Waals surface area contributed by atoms with Crippen molar-refractivity contribution in [3.63, 3.8) is 0 Å². The first-order chi connectivity index (χ1) is 13.7. The van der Waals surface area contributed by atoms with Crippen LogP contribution in [-0.4, -0.2) is 85.6 Å². The van der Waals surface area contributed by atoms with Gasteiger partial charge in [-0.15, -0.1) is 23.5 Å². The van der Waals surface area contributed by atoms with Gasteiger partial charge in [0, 0.05) is 47.0 Å². The van der Waals surface area contributed by atoms with Crippen molar-refractivity contribution in [2.24, 2.45) is 11.8 Å².